The zero-order valence-electron chi connectivity index (χ0n) is 9.35. The Bertz CT molecular complexity index is 528. The van der Waals surface area contributed by atoms with Crippen LogP contribution < -0.4 is 5.73 Å². The van der Waals surface area contributed by atoms with Gasteiger partial charge < -0.3 is 10.5 Å². The lowest BCUT2D eigenvalue weighted by Gasteiger charge is -1.95. The van der Waals surface area contributed by atoms with E-state index in [1.54, 1.807) is 6.92 Å². The second-order valence-corrected chi connectivity index (χ2v) is 4.04. The Morgan fingerprint density at radius 3 is 2.94 bits per heavy atom. The van der Waals surface area contributed by atoms with Gasteiger partial charge in [-0.3, -0.25) is 5.10 Å². The van der Waals surface area contributed by atoms with Gasteiger partial charge in [0.2, 0.25) is 5.82 Å². The second-order valence-electron chi connectivity index (χ2n) is 3.24. The molecule has 0 fully saturated rings. The standard InChI is InChI=1S/C9H11N5O2S/c1-3-16-9(15)8-11-7(12-13-8)5-4(2)14-17-6(5)10/h3,10H2,1-2H3,(H,11,12,13). The van der Waals surface area contributed by atoms with E-state index in [-0.39, 0.29) is 12.4 Å². The lowest BCUT2D eigenvalue weighted by molar-refractivity contribution is 0.0512. The number of nitrogens with one attached hydrogen (secondary N) is 1. The van der Waals surface area contributed by atoms with Gasteiger partial charge in [0.05, 0.1) is 17.9 Å². The Labute approximate surface area is 101 Å². The van der Waals surface area contributed by atoms with Crippen LogP contribution in [0, 0.1) is 6.92 Å². The van der Waals surface area contributed by atoms with Crippen molar-refractivity contribution in [2.24, 2.45) is 0 Å². The van der Waals surface area contributed by atoms with Gasteiger partial charge in [0.25, 0.3) is 0 Å². The van der Waals surface area contributed by atoms with Crippen molar-refractivity contribution in [2.75, 3.05) is 12.3 Å². The molecule has 0 aromatic carbocycles. The molecule has 2 rings (SSSR count). The van der Waals surface area contributed by atoms with Crippen LogP contribution in [0.4, 0.5) is 5.00 Å². The summed E-state index contributed by atoms with van der Waals surface area (Å²) in [6, 6.07) is 0. The van der Waals surface area contributed by atoms with Crippen molar-refractivity contribution in [1.82, 2.24) is 19.6 Å². The molecule has 0 atom stereocenters. The molecule has 0 saturated carbocycles. The lowest BCUT2D eigenvalue weighted by atomic mass is 10.2. The number of anilines is 1. The highest BCUT2D eigenvalue weighted by Gasteiger charge is 2.18. The maximum absolute atomic E-state index is 11.4. The maximum Gasteiger partial charge on any atom is 0.375 e. The number of carbonyl (C=O) groups excluding carboxylic acids is 1. The Hall–Kier alpha value is -1.96. The molecule has 17 heavy (non-hydrogen) atoms. The average molecular weight is 253 g/mol. The average Bonchev–Trinajstić information content (AvgIpc) is 2.86. The van der Waals surface area contributed by atoms with E-state index < -0.39 is 5.97 Å². The van der Waals surface area contributed by atoms with Crippen LogP contribution in [0.2, 0.25) is 0 Å². The first kappa shape index (κ1) is 11.5. The number of rotatable bonds is 3. The normalized spacial score (nSPS) is 10.5. The van der Waals surface area contributed by atoms with Gasteiger partial charge in [0.15, 0.2) is 5.82 Å². The summed E-state index contributed by atoms with van der Waals surface area (Å²) < 4.78 is 8.89. The van der Waals surface area contributed by atoms with Gasteiger partial charge in [-0.15, -0.1) is 0 Å². The molecule has 8 heteroatoms. The molecule has 2 aromatic rings. The highest BCUT2D eigenvalue weighted by Crippen LogP contribution is 2.29. The molecule has 2 heterocycles. The number of aromatic nitrogens is 4. The van der Waals surface area contributed by atoms with E-state index in [4.69, 9.17) is 10.5 Å². The number of ether oxygens (including phenoxy) is 1. The fraction of sp³-hybridized carbons (Fsp3) is 0.333. The predicted molar refractivity (Wildman–Crippen MR) is 62.6 cm³/mol. The van der Waals surface area contributed by atoms with E-state index >= 15 is 0 Å². The lowest BCUT2D eigenvalue weighted by Crippen LogP contribution is -2.06. The fourth-order valence-corrected chi connectivity index (χ4v) is 1.98. The van der Waals surface area contributed by atoms with Gasteiger partial charge in [-0.1, -0.05) is 0 Å². The predicted octanol–water partition coefficient (Wildman–Crippen LogP) is 0.996. The molecule has 0 saturated heterocycles. The van der Waals surface area contributed by atoms with E-state index in [2.05, 4.69) is 19.6 Å². The zero-order valence-corrected chi connectivity index (χ0v) is 10.2. The van der Waals surface area contributed by atoms with Crippen LogP contribution in [0.3, 0.4) is 0 Å². The van der Waals surface area contributed by atoms with Gasteiger partial charge in [-0.2, -0.15) is 9.47 Å². The van der Waals surface area contributed by atoms with Crippen molar-refractivity contribution in [3.63, 3.8) is 0 Å². The molecule has 0 aliphatic carbocycles. The molecule has 2 aromatic heterocycles. The van der Waals surface area contributed by atoms with E-state index in [1.807, 2.05) is 6.92 Å². The van der Waals surface area contributed by atoms with E-state index in [9.17, 15) is 4.79 Å². The second kappa shape index (κ2) is 4.50. The molecule has 0 unspecified atom stereocenters. The molecule has 90 valence electrons. The first-order valence-electron chi connectivity index (χ1n) is 4.95. The van der Waals surface area contributed by atoms with Gasteiger partial charge in [-0.05, 0) is 25.4 Å². The van der Waals surface area contributed by atoms with Crippen molar-refractivity contribution in [3.05, 3.63) is 11.5 Å². The summed E-state index contributed by atoms with van der Waals surface area (Å²) in [5.41, 5.74) is 7.16. The quantitative estimate of drug-likeness (QED) is 0.790. The van der Waals surface area contributed by atoms with Crippen LogP contribution in [-0.2, 0) is 4.74 Å². The summed E-state index contributed by atoms with van der Waals surface area (Å²) in [6.07, 6.45) is 0. The number of nitrogens with two attached hydrogens (primary N) is 1. The topological polar surface area (TPSA) is 107 Å². The molecule has 0 radical (unpaired) electrons. The van der Waals surface area contributed by atoms with E-state index in [0.717, 1.165) is 5.69 Å². The number of nitrogens with zero attached hydrogens (tertiary/aromatic N) is 3. The Kier molecular flexibility index (Phi) is 3.05. The Morgan fingerprint density at radius 1 is 1.59 bits per heavy atom. The third kappa shape index (κ3) is 2.11. The van der Waals surface area contributed by atoms with Crippen molar-refractivity contribution < 1.29 is 9.53 Å². The minimum absolute atomic E-state index is 0.0619. The van der Waals surface area contributed by atoms with Crippen molar-refractivity contribution in [3.8, 4) is 11.4 Å². The van der Waals surface area contributed by atoms with Crippen molar-refractivity contribution >= 4 is 22.5 Å². The van der Waals surface area contributed by atoms with Gasteiger partial charge >= 0.3 is 5.97 Å². The molecule has 0 bridgehead atoms. The maximum atomic E-state index is 11.4. The SMILES string of the molecule is CCOC(=O)c1nc(-c2c(C)nsc2N)n[nH]1. The smallest absolute Gasteiger partial charge is 0.375 e. The molecule has 0 spiro atoms. The van der Waals surface area contributed by atoms with Crippen LogP contribution in [0.5, 0.6) is 0 Å². The number of aryl methyl sites for hydroxylation is 1. The van der Waals surface area contributed by atoms with E-state index in [1.165, 1.54) is 11.5 Å². The number of esters is 1. The summed E-state index contributed by atoms with van der Waals surface area (Å²) >= 11 is 1.17. The summed E-state index contributed by atoms with van der Waals surface area (Å²) in [5.74, 6) is -0.116. The van der Waals surface area contributed by atoms with Crippen molar-refractivity contribution in [2.45, 2.75) is 13.8 Å². The molecule has 7 nitrogen and oxygen atoms in total. The largest absolute Gasteiger partial charge is 0.460 e. The van der Waals surface area contributed by atoms with E-state index in [0.29, 0.717) is 16.4 Å². The van der Waals surface area contributed by atoms with Crippen LogP contribution in [-0.4, -0.2) is 32.1 Å². The molecule has 0 aliphatic heterocycles. The van der Waals surface area contributed by atoms with Gasteiger partial charge in [-0.25, -0.2) is 9.78 Å². The molecular formula is C9H11N5O2S. The summed E-state index contributed by atoms with van der Waals surface area (Å²) in [5, 5.41) is 6.98. The highest BCUT2D eigenvalue weighted by molar-refractivity contribution is 7.10. The summed E-state index contributed by atoms with van der Waals surface area (Å²) in [4.78, 5) is 15.4. The van der Waals surface area contributed by atoms with Gasteiger partial charge in [0, 0.05) is 0 Å². The minimum atomic E-state index is -0.536. The Balaban J connectivity index is 2.33. The fourth-order valence-electron chi connectivity index (χ4n) is 1.32. The number of aromatic amines is 1. The van der Waals surface area contributed by atoms with Crippen LogP contribution in [0.25, 0.3) is 11.4 Å². The van der Waals surface area contributed by atoms with Crippen molar-refractivity contribution in [1.29, 1.82) is 0 Å². The number of hydrogen-bond donors (Lipinski definition) is 2. The third-order valence-corrected chi connectivity index (χ3v) is 2.83. The number of carbonyl (C=O) groups is 1. The number of nitrogen functional groups attached to an aromatic ring is 1. The van der Waals surface area contributed by atoms with Crippen LogP contribution in [0.15, 0.2) is 0 Å². The number of H-pyrrole nitrogens is 1. The highest BCUT2D eigenvalue weighted by atomic mass is 32.1. The molecular weight excluding hydrogens is 242 g/mol. The summed E-state index contributed by atoms with van der Waals surface area (Å²) in [7, 11) is 0. The first-order chi connectivity index (χ1) is 8.13. The number of hydrogen-bond acceptors (Lipinski definition) is 7. The molecule has 0 aliphatic rings. The first-order valence-corrected chi connectivity index (χ1v) is 5.72. The monoisotopic (exact) mass is 253 g/mol. The van der Waals surface area contributed by atoms with Gasteiger partial charge in [0.1, 0.15) is 5.00 Å². The molecule has 3 N–H and O–H groups in total. The van der Waals surface area contributed by atoms with Crippen LogP contribution in [0.1, 0.15) is 23.2 Å². The minimum Gasteiger partial charge on any atom is -0.460 e. The zero-order chi connectivity index (χ0) is 12.4. The van der Waals surface area contributed by atoms with Crippen LogP contribution >= 0.6 is 11.5 Å². The third-order valence-electron chi connectivity index (χ3n) is 2.07. The molecule has 0 amide bonds. The Morgan fingerprint density at radius 2 is 2.35 bits per heavy atom. The summed E-state index contributed by atoms with van der Waals surface area (Å²) in [6.45, 7) is 3.82.